The van der Waals surface area contributed by atoms with Crippen molar-refractivity contribution < 1.29 is 9.66 Å². The van der Waals surface area contributed by atoms with Crippen LogP contribution in [0.5, 0.6) is 5.75 Å². The van der Waals surface area contributed by atoms with Crippen molar-refractivity contribution in [1.82, 2.24) is 0 Å². The fourth-order valence-corrected chi connectivity index (χ4v) is 4.20. The van der Waals surface area contributed by atoms with Gasteiger partial charge in [-0.25, -0.2) is 0 Å². The lowest BCUT2D eigenvalue weighted by Crippen LogP contribution is -2.56. The molecule has 0 aliphatic carbocycles. The van der Waals surface area contributed by atoms with Gasteiger partial charge in [0.15, 0.2) is 0 Å². The van der Waals surface area contributed by atoms with Gasteiger partial charge in [-0.2, -0.15) is 0 Å². The molecule has 2 aromatic carbocycles. The number of benzene rings is 2. The molecule has 5 heteroatoms. The second-order valence-corrected chi connectivity index (χ2v) is 7.48. The minimum Gasteiger partial charge on any atom is -0.463 e. The number of anilines is 1. The predicted molar refractivity (Wildman–Crippen MR) is 102 cm³/mol. The van der Waals surface area contributed by atoms with Gasteiger partial charge in [0, 0.05) is 23.4 Å². The van der Waals surface area contributed by atoms with Crippen LogP contribution < -0.4 is 10.1 Å². The maximum atomic E-state index is 11.1. The van der Waals surface area contributed by atoms with Gasteiger partial charge in [0.1, 0.15) is 5.75 Å². The van der Waals surface area contributed by atoms with Crippen molar-refractivity contribution in [3.8, 4) is 5.75 Å². The molecule has 26 heavy (non-hydrogen) atoms. The summed E-state index contributed by atoms with van der Waals surface area (Å²) >= 11 is 0. The zero-order chi connectivity index (χ0) is 18.5. The second kappa shape index (κ2) is 5.59. The minimum atomic E-state index is -0.685. The first-order chi connectivity index (χ1) is 12.4. The van der Waals surface area contributed by atoms with Gasteiger partial charge < -0.3 is 10.1 Å². The molecule has 0 bridgehead atoms. The number of para-hydroxylation sites is 1. The first-order valence-corrected chi connectivity index (χ1v) is 8.95. The van der Waals surface area contributed by atoms with E-state index < -0.39 is 5.72 Å². The maximum Gasteiger partial charge on any atom is 0.270 e. The van der Waals surface area contributed by atoms with E-state index in [1.165, 1.54) is 11.6 Å². The minimum absolute atomic E-state index is 0.0809. The Labute approximate surface area is 152 Å². The Balaban J connectivity index is 1.88. The van der Waals surface area contributed by atoms with Gasteiger partial charge >= 0.3 is 0 Å². The highest BCUT2D eigenvalue weighted by Crippen LogP contribution is 2.54. The highest BCUT2D eigenvalue weighted by Gasteiger charge is 2.57. The quantitative estimate of drug-likeness (QED) is 0.605. The molecule has 0 aromatic heterocycles. The van der Waals surface area contributed by atoms with E-state index in [2.05, 4.69) is 44.3 Å². The van der Waals surface area contributed by atoms with E-state index >= 15 is 0 Å². The first kappa shape index (κ1) is 16.6. The van der Waals surface area contributed by atoms with Gasteiger partial charge in [-0.15, -0.1) is 0 Å². The van der Waals surface area contributed by atoms with Crippen LogP contribution in [0.2, 0.25) is 0 Å². The number of hydrogen-bond donors (Lipinski definition) is 1. The first-order valence-electron chi connectivity index (χ1n) is 8.95. The standard InChI is InChI=1S/C21H22N2O3/c1-4-7-15-12-14-13-16(23(24)25)10-11-19(14)26-21(15)20(2,3)17-8-5-6-9-18(17)22-21/h5-6,8-13,22H,4,7H2,1-3H3. The zero-order valence-corrected chi connectivity index (χ0v) is 15.2. The summed E-state index contributed by atoms with van der Waals surface area (Å²) in [6.07, 6.45) is 3.89. The van der Waals surface area contributed by atoms with E-state index in [1.54, 1.807) is 12.1 Å². The Kier molecular flexibility index (Phi) is 3.58. The van der Waals surface area contributed by atoms with Crippen molar-refractivity contribution in [2.24, 2.45) is 0 Å². The monoisotopic (exact) mass is 350 g/mol. The molecule has 1 spiro atoms. The second-order valence-electron chi connectivity index (χ2n) is 7.48. The van der Waals surface area contributed by atoms with E-state index in [1.807, 2.05) is 12.1 Å². The molecule has 5 nitrogen and oxygen atoms in total. The Morgan fingerprint density at radius 1 is 1.19 bits per heavy atom. The van der Waals surface area contributed by atoms with Crippen LogP contribution in [0.3, 0.4) is 0 Å². The van der Waals surface area contributed by atoms with Gasteiger partial charge in [0.05, 0.1) is 10.3 Å². The Hall–Kier alpha value is -2.82. The average molecular weight is 350 g/mol. The smallest absolute Gasteiger partial charge is 0.270 e. The fourth-order valence-electron chi connectivity index (χ4n) is 4.20. The fraction of sp³-hybridized carbons (Fsp3) is 0.333. The molecular weight excluding hydrogens is 328 g/mol. The van der Waals surface area contributed by atoms with Crippen molar-refractivity contribution >= 4 is 17.5 Å². The van der Waals surface area contributed by atoms with Gasteiger partial charge in [0.25, 0.3) is 5.69 Å². The summed E-state index contributed by atoms with van der Waals surface area (Å²) in [6.45, 7) is 6.50. The van der Waals surface area contributed by atoms with Gasteiger partial charge in [-0.1, -0.05) is 31.5 Å². The van der Waals surface area contributed by atoms with Crippen LogP contribution in [0.25, 0.3) is 6.08 Å². The Bertz CT molecular complexity index is 933. The Morgan fingerprint density at radius 2 is 1.96 bits per heavy atom. The number of ether oxygens (including phenoxy) is 1. The third-order valence-corrected chi connectivity index (χ3v) is 5.56. The van der Waals surface area contributed by atoms with Crippen LogP contribution in [0.15, 0.2) is 48.0 Å². The normalized spacial score (nSPS) is 22.0. The maximum absolute atomic E-state index is 11.1. The largest absolute Gasteiger partial charge is 0.463 e. The van der Waals surface area contributed by atoms with E-state index in [0.29, 0.717) is 5.75 Å². The highest BCUT2D eigenvalue weighted by atomic mass is 16.6. The summed E-state index contributed by atoms with van der Waals surface area (Å²) in [6, 6.07) is 13.1. The van der Waals surface area contributed by atoms with Crippen LogP contribution in [0.4, 0.5) is 11.4 Å². The van der Waals surface area contributed by atoms with E-state index in [9.17, 15) is 10.1 Å². The van der Waals surface area contributed by atoms with Crippen molar-refractivity contribution in [2.75, 3.05) is 5.32 Å². The summed E-state index contributed by atoms with van der Waals surface area (Å²) in [5.41, 5.74) is 3.28. The van der Waals surface area contributed by atoms with E-state index in [0.717, 1.165) is 29.7 Å². The molecule has 1 N–H and O–H groups in total. The lowest BCUT2D eigenvalue weighted by molar-refractivity contribution is -0.384. The molecule has 1 unspecified atom stereocenters. The summed E-state index contributed by atoms with van der Waals surface area (Å²) in [5, 5.41) is 14.8. The number of rotatable bonds is 3. The molecule has 4 rings (SSSR count). The van der Waals surface area contributed by atoms with Crippen LogP contribution in [-0.2, 0) is 5.41 Å². The molecule has 0 amide bonds. The lowest BCUT2D eigenvalue weighted by Gasteiger charge is -2.45. The number of fused-ring (bicyclic) bond motifs is 2. The number of non-ortho nitro benzene ring substituents is 1. The van der Waals surface area contributed by atoms with E-state index in [-0.39, 0.29) is 16.0 Å². The molecule has 0 fully saturated rings. The molecule has 2 aliphatic rings. The molecule has 0 radical (unpaired) electrons. The summed E-state index contributed by atoms with van der Waals surface area (Å²) < 4.78 is 6.58. The predicted octanol–water partition coefficient (Wildman–Crippen LogP) is 5.27. The SMILES string of the molecule is CCCC1=Cc2cc([N+](=O)[O-])ccc2OC12Nc1ccccc1C2(C)C. The summed E-state index contributed by atoms with van der Waals surface area (Å²) in [4.78, 5) is 10.8. The van der Waals surface area contributed by atoms with Crippen molar-refractivity contribution in [3.63, 3.8) is 0 Å². The molecule has 2 heterocycles. The number of nitrogens with zero attached hydrogens (tertiary/aromatic N) is 1. The van der Waals surface area contributed by atoms with Crippen LogP contribution in [0, 0.1) is 10.1 Å². The van der Waals surface area contributed by atoms with Gasteiger partial charge in [-0.05, 0) is 49.6 Å². The average Bonchev–Trinajstić information content (AvgIpc) is 2.83. The van der Waals surface area contributed by atoms with Crippen LogP contribution in [-0.4, -0.2) is 10.6 Å². The molecular formula is C21H22N2O3. The molecule has 2 aliphatic heterocycles. The zero-order valence-electron chi connectivity index (χ0n) is 15.2. The van der Waals surface area contributed by atoms with Gasteiger partial charge in [0.2, 0.25) is 5.72 Å². The summed E-state index contributed by atoms with van der Waals surface area (Å²) in [5.74, 6) is 0.670. The number of nitro benzene ring substituents is 1. The molecule has 134 valence electrons. The Morgan fingerprint density at radius 3 is 2.65 bits per heavy atom. The third kappa shape index (κ3) is 2.16. The lowest BCUT2D eigenvalue weighted by atomic mass is 9.72. The number of nitrogens with one attached hydrogen (secondary N) is 1. The third-order valence-electron chi connectivity index (χ3n) is 5.56. The van der Waals surface area contributed by atoms with Crippen molar-refractivity contribution in [2.45, 2.75) is 44.8 Å². The number of hydrogen-bond acceptors (Lipinski definition) is 4. The molecule has 0 saturated carbocycles. The van der Waals surface area contributed by atoms with E-state index in [4.69, 9.17) is 4.74 Å². The number of nitro groups is 1. The van der Waals surface area contributed by atoms with Crippen molar-refractivity contribution in [1.29, 1.82) is 0 Å². The van der Waals surface area contributed by atoms with Crippen LogP contribution >= 0.6 is 0 Å². The highest BCUT2D eigenvalue weighted by molar-refractivity contribution is 5.74. The van der Waals surface area contributed by atoms with Crippen molar-refractivity contribution in [3.05, 3.63) is 69.3 Å². The topological polar surface area (TPSA) is 64.4 Å². The molecule has 0 saturated heterocycles. The molecule has 2 aromatic rings. The van der Waals surface area contributed by atoms with Gasteiger partial charge in [-0.3, -0.25) is 10.1 Å². The molecule has 1 atom stereocenters. The summed E-state index contributed by atoms with van der Waals surface area (Å²) in [7, 11) is 0. The van der Waals surface area contributed by atoms with Crippen LogP contribution in [0.1, 0.15) is 44.7 Å².